The molecule has 0 spiro atoms. The lowest BCUT2D eigenvalue weighted by molar-refractivity contribution is -0.131. The molecule has 2 heterocycles. The molecule has 1 aromatic carbocycles. The molecule has 33 heavy (non-hydrogen) atoms. The number of morpholine rings is 1. The first-order valence-electron chi connectivity index (χ1n) is 11.8. The summed E-state index contributed by atoms with van der Waals surface area (Å²) in [6, 6.07) is 14.7. The zero-order valence-corrected chi connectivity index (χ0v) is 19.8. The fourth-order valence-corrected chi connectivity index (χ4v) is 4.04. The van der Waals surface area contributed by atoms with Gasteiger partial charge in [0.2, 0.25) is 5.91 Å². The Morgan fingerprint density at radius 3 is 2.52 bits per heavy atom. The molecule has 2 aromatic rings. The average molecular weight is 450 g/mol. The molecule has 176 valence electrons. The minimum Gasteiger partial charge on any atom is -0.373 e. The number of aromatic nitrogens is 2. The maximum absolute atomic E-state index is 12.2. The zero-order chi connectivity index (χ0) is 23.2. The highest BCUT2D eigenvalue weighted by atomic mass is 16.5. The van der Waals surface area contributed by atoms with E-state index in [1.54, 1.807) is 6.20 Å². The van der Waals surface area contributed by atoms with Crippen LogP contribution < -0.4 is 10.2 Å². The van der Waals surface area contributed by atoms with E-state index in [1.165, 1.54) is 5.56 Å². The van der Waals surface area contributed by atoms with E-state index in [1.807, 2.05) is 31.3 Å². The van der Waals surface area contributed by atoms with Gasteiger partial charge < -0.3 is 19.9 Å². The Hall–Kier alpha value is -2.90. The number of carbonyl (C=O) groups excluding carboxylic acids is 1. The monoisotopic (exact) mass is 449 g/mol. The summed E-state index contributed by atoms with van der Waals surface area (Å²) >= 11 is 0. The molecule has 1 saturated heterocycles. The van der Waals surface area contributed by atoms with E-state index in [9.17, 15) is 4.79 Å². The fraction of sp³-hybridized carbons (Fsp3) is 0.462. The molecule has 1 aliphatic carbocycles. The molecule has 0 radical (unpaired) electrons. The summed E-state index contributed by atoms with van der Waals surface area (Å²) in [5.74, 6) is 0.525. The lowest BCUT2D eigenvalue weighted by atomic mass is 10.0. The van der Waals surface area contributed by atoms with Crippen molar-refractivity contribution >= 4 is 11.6 Å². The average Bonchev–Trinajstić information content (AvgIpc) is 3.66. The molecule has 1 aliphatic heterocycles. The van der Waals surface area contributed by atoms with Gasteiger partial charge >= 0.3 is 0 Å². The summed E-state index contributed by atoms with van der Waals surface area (Å²) in [6.07, 6.45) is 6.04. The summed E-state index contributed by atoms with van der Waals surface area (Å²) in [7, 11) is 3.94. The molecule has 0 unspecified atom stereocenters. The van der Waals surface area contributed by atoms with Crippen molar-refractivity contribution in [3.63, 3.8) is 0 Å². The van der Waals surface area contributed by atoms with Gasteiger partial charge in [0.15, 0.2) is 0 Å². The maximum atomic E-state index is 12.2. The molecule has 2 fully saturated rings. The highest BCUT2D eigenvalue weighted by Gasteiger charge is 2.31. The van der Waals surface area contributed by atoms with Crippen LogP contribution in [0.5, 0.6) is 0 Å². The van der Waals surface area contributed by atoms with Crippen LogP contribution in [0.15, 0.2) is 54.9 Å². The van der Waals surface area contributed by atoms with Crippen LogP contribution in [0.4, 0.5) is 5.69 Å². The van der Waals surface area contributed by atoms with Crippen molar-refractivity contribution in [3.05, 3.63) is 60.4 Å². The van der Waals surface area contributed by atoms with E-state index in [0.717, 1.165) is 49.3 Å². The van der Waals surface area contributed by atoms with Gasteiger partial charge in [-0.15, -0.1) is 0 Å². The highest BCUT2D eigenvalue weighted by Crippen LogP contribution is 2.30. The molecular weight excluding hydrogens is 414 g/mol. The van der Waals surface area contributed by atoms with Gasteiger partial charge in [-0.3, -0.25) is 9.89 Å². The SMILES string of the molecule is C[C@H]1CNC[C@H](c2ccc(-c3ccc(N(C)CCN(C)C(=O)C4CC4)ccn[nH]c3)cc2)O1. The van der Waals surface area contributed by atoms with E-state index < -0.39 is 0 Å². The number of likely N-dealkylation sites (N-methyl/N-ethyl adjacent to an activating group) is 2. The van der Waals surface area contributed by atoms with Gasteiger partial charge in [0.05, 0.1) is 12.2 Å². The molecule has 1 saturated carbocycles. The predicted molar refractivity (Wildman–Crippen MR) is 131 cm³/mol. The Morgan fingerprint density at radius 2 is 1.79 bits per heavy atom. The molecule has 4 rings (SSSR count). The Labute approximate surface area is 196 Å². The summed E-state index contributed by atoms with van der Waals surface area (Å²) in [5.41, 5.74) is 4.36. The quantitative estimate of drug-likeness (QED) is 0.676. The topological polar surface area (TPSA) is 73.5 Å². The van der Waals surface area contributed by atoms with Crippen LogP contribution in [0.3, 0.4) is 0 Å². The first kappa shape index (κ1) is 23.3. The largest absolute Gasteiger partial charge is 0.373 e. The number of amides is 1. The smallest absolute Gasteiger partial charge is 0.225 e. The molecule has 2 aliphatic rings. The number of benzene rings is 1. The van der Waals surface area contributed by atoms with Crippen molar-refractivity contribution in [1.82, 2.24) is 20.4 Å². The summed E-state index contributed by atoms with van der Waals surface area (Å²) in [5, 5.41) is 10.7. The minimum atomic E-state index is 0.0868. The Balaban J connectivity index is 1.46. The number of nitrogens with one attached hydrogen (secondary N) is 2. The molecule has 1 amide bonds. The third-order valence-electron chi connectivity index (χ3n) is 6.34. The molecule has 2 N–H and O–H groups in total. The molecule has 0 bridgehead atoms. The van der Waals surface area contributed by atoms with E-state index in [2.05, 4.69) is 63.7 Å². The Morgan fingerprint density at radius 1 is 1.03 bits per heavy atom. The molecular formula is C26H35N5O2. The third kappa shape index (κ3) is 6.33. The third-order valence-corrected chi connectivity index (χ3v) is 6.34. The van der Waals surface area contributed by atoms with Crippen molar-refractivity contribution in [3.8, 4) is 11.1 Å². The lowest BCUT2D eigenvalue weighted by Gasteiger charge is -2.29. The summed E-state index contributed by atoms with van der Waals surface area (Å²) in [6.45, 7) is 5.29. The molecule has 7 nitrogen and oxygen atoms in total. The van der Waals surface area contributed by atoms with Gasteiger partial charge in [-0.2, -0.15) is 5.10 Å². The molecule has 7 heteroatoms. The Kier molecular flexibility index (Phi) is 7.62. The highest BCUT2D eigenvalue weighted by molar-refractivity contribution is 5.80. The van der Waals surface area contributed by atoms with Crippen molar-refractivity contribution in [2.75, 3.05) is 45.2 Å². The number of hydrogen-bond donors (Lipinski definition) is 2. The van der Waals surface area contributed by atoms with Gasteiger partial charge in [-0.25, -0.2) is 0 Å². The zero-order valence-electron chi connectivity index (χ0n) is 19.8. The number of H-pyrrole nitrogens is 1. The maximum Gasteiger partial charge on any atom is 0.225 e. The van der Waals surface area contributed by atoms with Crippen molar-refractivity contribution in [1.29, 1.82) is 0 Å². The van der Waals surface area contributed by atoms with Crippen LogP contribution in [0.25, 0.3) is 11.1 Å². The van der Waals surface area contributed by atoms with E-state index in [4.69, 9.17) is 4.74 Å². The van der Waals surface area contributed by atoms with Crippen LogP contribution >= 0.6 is 0 Å². The van der Waals surface area contributed by atoms with Crippen LogP contribution in [0.1, 0.15) is 31.4 Å². The number of hydrogen-bond acceptors (Lipinski definition) is 5. The van der Waals surface area contributed by atoms with Crippen molar-refractivity contribution in [2.24, 2.45) is 5.92 Å². The molecule has 1 aromatic heterocycles. The van der Waals surface area contributed by atoms with Gasteiger partial charge in [0.25, 0.3) is 0 Å². The van der Waals surface area contributed by atoms with E-state index in [-0.39, 0.29) is 24.0 Å². The van der Waals surface area contributed by atoms with Crippen LogP contribution in [-0.4, -0.2) is 67.4 Å². The second-order valence-electron chi connectivity index (χ2n) is 9.10. The Bertz CT molecular complexity index is 984. The number of nitrogens with zero attached hydrogens (tertiary/aromatic N) is 3. The summed E-state index contributed by atoms with van der Waals surface area (Å²) in [4.78, 5) is 16.2. The second-order valence-corrected chi connectivity index (χ2v) is 9.10. The van der Waals surface area contributed by atoms with Crippen molar-refractivity contribution in [2.45, 2.75) is 32.0 Å². The fourth-order valence-electron chi connectivity index (χ4n) is 4.04. The first-order valence-corrected chi connectivity index (χ1v) is 11.8. The lowest BCUT2D eigenvalue weighted by Crippen LogP contribution is -2.38. The van der Waals surface area contributed by atoms with Crippen LogP contribution in [0.2, 0.25) is 0 Å². The van der Waals surface area contributed by atoms with Crippen molar-refractivity contribution < 1.29 is 9.53 Å². The van der Waals surface area contributed by atoms with Gasteiger partial charge in [0.1, 0.15) is 0 Å². The minimum absolute atomic E-state index is 0.0868. The number of carbonyl (C=O) groups is 1. The number of rotatable bonds is 7. The first-order chi connectivity index (χ1) is 16.0. The second kappa shape index (κ2) is 10.8. The van der Waals surface area contributed by atoms with Crippen LogP contribution in [0, 0.1) is 5.92 Å². The van der Waals surface area contributed by atoms with Crippen LogP contribution in [-0.2, 0) is 9.53 Å². The number of aromatic amines is 1. The standard InChI is InChI=1S/C26H35N5O2/c1-19-16-27-18-25(33-19)21-6-4-20(5-7-21)23-10-11-24(12-13-28-29-17-23)30(2)14-15-31(3)26(32)22-8-9-22/h4-7,10-13,17,19,22,25,27,29H,8-9,14-16,18H2,1-3H3/t19-,25+/m0/s1. The normalized spacial score (nSPS) is 20.1. The number of ether oxygens (including phenoxy) is 1. The van der Waals surface area contributed by atoms with Gasteiger partial charge in [-0.1, -0.05) is 30.3 Å². The van der Waals surface area contributed by atoms with E-state index >= 15 is 0 Å². The molecule has 2 atom stereocenters. The summed E-state index contributed by atoms with van der Waals surface area (Å²) < 4.78 is 6.06. The van der Waals surface area contributed by atoms with Gasteiger partial charge in [0, 0.05) is 64.3 Å². The van der Waals surface area contributed by atoms with E-state index in [0.29, 0.717) is 6.54 Å². The van der Waals surface area contributed by atoms with Gasteiger partial charge in [-0.05, 0) is 48.6 Å². The predicted octanol–water partition coefficient (Wildman–Crippen LogP) is 3.56. The number of anilines is 1.